The minimum absolute atomic E-state index is 0.522. The smallest absolute Gasteiger partial charge is 0.110 e. The van der Waals surface area contributed by atoms with Crippen LogP contribution in [0.1, 0.15) is 24.2 Å². The van der Waals surface area contributed by atoms with Crippen molar-refractivity contribution in [2.75, 3.05) is 13.1 Å². The number of hydrogen-bond acceptors (Lipinski definition) is 2. The van der Waals surface area contributed by atoms with Crippen LogP contribution in [0, 0.1) is 12.8 Å². The molecule has 0 aliphatic carbocycles. The molecule has 3 rings (SSSR count). The van der Waals surface area contributed by atoms with E-state index in [4.69, 9.17) is 0 Å². The number of H-pyrrole nitrogens is 1. The lowest BCUT2D eigenvalue weighted by molar-refractivity contribution is 0.297. The molecule has 0 spiro atoms. The fraction of sp³-hybridized carbons (Fsp3) is 0.462. The van der Waals surface area contributed by atoms with Gasteiger partial charge in [-0.1, -0.05) is 13.0 Å². The third kappa shape index (κ3) is 1.52. The highest BCUT2D eigenvalue weighted by Gasteiger charge is 2.26. The highest BCUT2D eigenvalue weighted by Crippen LogP contribution is 2.26. The lowest BCUT2D eigenvalue weighted by Crippen LogP contribution is -2.44. The number of benzene rings is 1. The zero-order valence-electron chi connectivity index (χ0n) is 9.75. The van der Waals surface area contributed by atoms with Crippen LogP contribution in [0.15, 0.2) is 18.2 Å². The van der Waals surface area contributed by atoms with E-state index in [0.29, 0.717) is 5.92 Å². The minimum atomic E-state index is 0.522. The van der Waals surface area contributed by atoms with Gasteiger partial charge in [-0.3, -0.25) is 0 Å². The average molecular weight is 215 g/mol. The number of aryl methyl sites for hydroxylation is 1. The van der Waals surface area contributed by atoms with Gasteiger partial charge >= 0.3 is 0 Å². The maximum atomic E-state index is 4.67. The van der Waals surface area contributed by atoms with E-state index in [1.54, 1.807) is 0 Å². The number of fused-ring (bicyclic) bond motifs is 1. The average Bonchev–Trinajstić information content (AvgIpc) is 2.57. The molecule has 0 radical (unpaired) electrons. The number of nitrogens with zero attached hydrogens (tertiary/aromatic N) is 1. The highest BCUT2D eigenvalue weighted by molar-refractivity contribution is 5.75. The van der Waals surface area contributed by atoms with Gasteiger partial charge in [-0.25, -0.2) is 4.98 Å². The van der Waals surface area contributed by atoms with Crippen molar-refractivity contribution in [2.24, 2.45) is 5.92 Å². The van der Waals surface area contributed by atoms with Gasteiger partial charge in [0.15, 0.2) is 0 Å². The van der Waals surface area contributed by atoms with Crippen LogP contribution in [0.5, 0.6) is 0 Å². The normalized spacial score (nSPS) is 18.6. The second kappa shape index (κ2) is 3.59. The van der Waals surface area contributed by atoms with Crippen LogP contribution in [-0.4, -0.2) is 23.1 Å². The third-order valence-electron chi connectivity index (χ3n) is 3.61. The standard InChI is InChI=1S/C13H17N3/c1-8-3-4-11-12(5-8)16-13(15-11)9(2)10-6-14-7-10/h3-5,9-10,14H,6-7H2,1-2H3,(H,15,16). The van der Waals surface area contributed by atoms with E-state index in [1.807, 2.05) is 0 Å². The molecule has 1 fully saturated rings. The summed E-state index contributed by atoms with van der Waals surface area (Å²) in [7, 11) is 0. The summed E-state index contributed by atoms with van der Waals surface area (Å²) < 4.78 is 0. The molecule has 1 saturated heterocycles. The van der Waals surface area contributed by atoms with Crippen LogP contribution < -0.4 is 5.32 Å². The molecule has 1 atom stereocenters. The molecule has 1 aromatic heterocycles. The Morgan fingerprint density at radius 3 is 2.88 bits per heavy atom. The van der Waals surface area contributed by atoms with Crippen LogP contribution in [0.25, 0.3) is 11.0 Å². The zero-order chi connectivity index (χ0) is 11.1. The molecule has 16 heavy (non-hydrogen) atoms. The van der Waals surface area contributed by atoms with E-state index in [-0.39, 0.29) is 0 Å². The third-order valence-corrected chi connectivity index (χ3v) is 3.61. The van der Waals surface area contributed by atoms with Gasteiger partial charge in [-0.2, -0.15) is 0 Å². The molecule has 1 aliphatic heterocycles. The Bertz CT molecular complexity index is 511. The molecule has 2 N–H and O–H groups in total. The van der Waals surface area contributed by atoms with Crippen molar-refractivity contribution < 1.29 is 0 Å². The van der Waals surface area contributed by atoms with Gasteiger partial charge < -0.3 is 10.3 Å². The number of rotatable bonds is 2. The van der Waals surface area contributed by atoms with Crippen molar-refractivity contribution in [1.82, 2.24) is 15.3 Å². The Kier molecular flexibility index (Phi) is 2.21. The molecule has 84 valence electrons. The minimum Gasteiger partial charge on any atom is -0.342 e. The van der Waals surface area contributed by atoms with Crippen molar-refractivity contribution in [3.05, 3.63) is 29.6 Å². The monoisotopic (exact) mass is 215 g/mol. The Morgan fingerprint density at radius 1 is 1.38 bits per heavy atom. The largest absolute Gasteiger partial charge is 0.342 e. The predicted octanol–water partition coefficient (Wildman–Crippen LogP) is 2.19. The Hall–Kier alpha value is -1.35. The van der Waals surface area contributed by atoms with E-state index in [1.165, 1.54) is 5.56 Å². The topological polar surface area (TPSA) is 40.7 Å². The van der Waals surface area contributed by atoms with Crippen LogP contribution in [0.4, 0.5) is 0 Å². The first-order valence-corrected chi connectivity index (χ1v) is 5.91. The van der Waals surface area contributed by atoms with Crippen LogP contribution in [0.3, 0.4) is 0 Å². The summed E-state index contributed by atoms with van der Waals surface area (Å²) in [5, 5.41) is 3.31. The number of aromatic nitrogens is 2. The van der Waals surface area contributed by atoms with Crippen LogP contribution in [0.2, 0.25) is 0 Å². The fourth-order valence-electron chi connectivity index (χ4n) is 2.25. The first-order valence-electron chi connectivity index (χ1n) is 5.91. The van der Waals surface area contributed by atoms with Crippen LogP contribution in [-0.2, 0) is 0 Å². The first kappa shape index (κ1) is 9.85. The predicted molar refractivity (Wildman–Crippen MR) is 65.6 cm³/mol. The van der Waals surface area contributed by atoms with Crippen molar-refractivity contribution >= 4 is 11.0 Å². The second-order valence-corrected chi connectivity index (χ2v) is 4.85. The van der Waals surface area contributed by atoms with Crippen molar-refractivity contribution in [3.8, 4) is 0 Å². The second-order valence-electron chi connectivity index (χ2n) is 4.85. The molecule has 3 heteroatoms. The summed E-state index contributed by atoms with van der Waals surface area (Å²) in [6, 6.07) is 6.37. The van der Waals surface area contributed by atoms with Crippen molar-refractivity contribution in [2.45, 2.75) is 19.8 Å². The van der Waals surface area contributed by atoms with Gasteiger partial charge in [0.2, 0.25) is 0 Å². The quantitative estimate of drug-likeness (QED) is 0.806. The Labute approximate surface area is 95.3 Å². The van der Waals surface area contributed by atoms with E-state index in [9.17, 15) is 0 Å². The molecule has 0 amide bonds. The molecular weight excluding hydrogens is 198 g/mol. The molecule has 1 aromatic carbocycles. The molecule has 0 saturated carbocycles. The fourth-order valence-corrected chi connectivity index (χ4v) is 2.25. The molecule has 1 unspecified atom stereocenters. The van der Waals surface area contributed by atoms with Gasteiger partial charge in [0, 0.05) is 5.92 Å². The molecule has 3 nitrogen and oxygen atoms in total. The molecule has 0 bridgehead atoms. The first-order chi connectivity index (χ1) is 7.74. The van der Waals surface area contributed by atoms with Crippen LogP contribution >= 0.6 is 0 Å². The number of imidazole rings is 1. The van der Waals surface area contributed by atoms with Crippen molar-refractivity contribution in [3.63, 3.8) is 0 Å². The molecule has 1 aliphatic rings. The number of aromatic amines is 1. The van der Waals surface area contributed by atoms with Gasteiger partial charge in [-0.05, 0) is 43.6 Å². The Balaban J connectivity index is 1.97. The molecule has 2 aromatic rings. The summed E-state index contributed by atoms with van der Waals surface area (Å²) in [5.41, 5.74) is 3.52. The number of hydrogen-bond donors (Lipinski definition) is 2. The van der Waals surface area contributed by atoms with E-state index < -0.39 is 0 Å². The Morgan fingerprint density at radius 2 is 2.19 bits per heavy atom. The number of nitrogens with one attached hydrogen (secondary N) is 2. The van der Waals surface area contributed by atoms with E-state index in [2.05, 4.69) is 47.3 Å². The van der Waals surface area contributed by atoms with Gasteiger partial charge in [-0.15, -0.1) is 0 Å². The summed E-state index contributed by atoms with van der Waals surface area (Å²) in [5.74, 6) is 2.39. The van der Waals surface area contributed by atoms with Gasteiger partial charge in [0.25, 0.3) is 0 Å². The summed E-state index contributed by atoms with van der Waals surface area (Å²) in [6.07, 6.45) is 0. The summed E-state index contributed by atoms with van der Waals surface area (Å²) >= 11 is 0. The van der Waals surface area contributed by atoms with Gasteiger partial charge in [0.1, 0.15) is 5.82 Å². The lowest BCUT2D eigenvalue weighted by Gasteiger charge is -2.31. The highest BCUT2D eigenvalue weighted by atomic mass is 15.0. The summed E-state index contributed by atoms with van der Waals surface area (Å²) in [6.45, 7) is 6.61. The maximum Gasteiger partial charge on any atom is 0.110 e. The van der Waals surface area contributed by atoms with Crippen molar-refractivity contribution in [1.29, 1.82) is 0 Å². The van der Waals surface area contributed by atoms with E-state index >= 15 is 0 Å². The summed E-state index contributed by atoms with van der Waals surface area (Å²) in [4.78, 5) is 8.12. The molecule has 2 heterocycles. The van der Waals surface area contributed by atoms with Gasteiger partial charge in [0.05, 0.1) is 11.0 Å². The van der Waals surface area contributed by atoms with E-state index in [0.717, 1.165) is 35.9 Å². The SMILES string of the molecule is Cc1ccc2nc(C(C)C3CNC3)[nH]c2c1. The lowest BCUT2D eigenvalue weighted by atomic mass is 9.88. The molecular formula is C13H17N3. The zero-order valence-corrected chi connectivity index (χ0v) is 9.75. The maximum absolute atomic E-state index is 4.67.